The first-order chi connectivity index (χ1) is 22.6. The topological polar surface area (TPSA) is 295 Å². The van der Waals surface area contributed by atoms with Crippen molar-refractivity contribution < 1.29 is 63.2 Å². The van der Waals surface area contributed by atoms with E-state index in [1.165, 1.54) is 5.38 Å². The number of β-lactam (4-membered cyclic amide) rings is 1. The first kappa shape index (κ1) is 33.9. The van der Waals surface area contributed by atoms with Crippen molar-refractivity contribution in [3.63, 3.8) is 0 Å². The van der Waals surface area contributed by atoms with Crippen molar-refractivity contribution in [1.29, 1.82) is 0 Å². The molecule has 0 bridgehead atoms. The van der Waals surface area contributed by atoms with Crippen molar-refractivity contribution in [2.75, 3.05) is 25.4 Å². The number of carbonyl (C=O) groups excluding carboxylic acids is 5. The highest BCUT2D eigenvalue weighted by Gasteiger charge is 2.66. The predicted octanol–water partition coefficient (Wildman–Crippen LogP) is -1.28. The molecule has 4 heterocycles. The van der Waals surface area contributed by atoms with Gasteiger partial charge in [-0.05, 0) is 12.1 Å². The number of fused-ring (bicyclic) bond motifs is 1. The highest BCUT2D eigenvalue weighted by atomic mass is 35.5. The number of hydrazine groups is 1. The van der Waals surface area contributed by atoms with E-state index < -0.39 is 98.5 Å². The number of alkyl halides is 1. The number of benzene rings is 1. The second-order valence-electron chi connectivity index (χ2n) is 9.94. The van der Waals surface area contributed by atoms with Gasteiger partial charge in [0.2, 0.25) is 10.8 Å². The minimum atomic E-state index is -2.95. The Morgan fingerprint density at radius 2 is 1.88 bits per heavy atom. The second-order valence-corrected chi connectivity index (χ2v) is 12.6. The van der Waals surface area contributed by atoms with E-state index in [-0.39, 0.29) is 23.9 Å². The first-order valence-electron chi connectivity index (χ1n) is 13.1. The summed E-state index contributed by atoms with van der Waals surface area (Å²) in [6.07, 6.45) is -2.95. The number of Topliss-reactive ketones (excluding diaryl/α,β-unsaturated/α-hetero) is 1. The Kier molecular flexibility index (Phi) is 8.94. The number of aliphatic carboxylic acids is 2. The number of carboxylic acid groups (broad SMARTS) is 2. The monoisotopic (exact) mass is 730 g/mol. The summed E-state index contributed by atoms with van der Waals surface area (Å²) in [5.74, 6) is -9.74. The number of nitrogen functional groups attached to an aromatic ring is 1. The summed E-state index contributed by atoms with van der Waals surface area (Å²) in [4.78, 5) is 95.9. The van der Waals surface area contributed by atoms with E-state index in [1.54, 1.807) is 0 Å². The molecular weight excluding hydrogens is 711 g/mol. The summed E-state index contributed by atoms with van der Waals surface area (Å²) in [6.45, 7) is -1.15. The van der Waals surface area contributed by atoms with Gasteiger partial charge in [-0.25, -0.2) is 24.4 Å². The van der Waals surface area contributed by atoms with E-state index in [4.69, 9.17) is 22.4 Å². The summed E-state index contributed by atoms with van der Waals surface area (Å²) in [5, 5.41) is 43.9. The number of aromatic nitrogens is 1. The number of nitrogens with one attached hydrogen (secondary N) is 2. The Labute approximate surface area is 278 Å². The van der Waals surface area contributed by atoms with Crippen molar-refractivity contribution in [2.45, 2.75) is 22.6 Å². The number of carboxylic acids is 2. The zero-order valence-corrected chi connectivity index (χ0v) is 25.9. The van der Waals surface area contributed by atoms with Crippen LogP contribution in [0, 0.1) is 0 Å². The lowest BCUT2D eigenvalue weighted by atomic mass is 10.1. The second kappa shape index (κ2) is 12.6. The largest absolute Gasteiger partial charge is 0.504 e. The number of nitrogens with zero attached hydrogens (tertiary/aromatic N) is 5. The third-order valence-corrected chi connectivity index (χ3v) is 9.84. The molecule has 48 heavy (non-hydrogen) atoms. The van der Waals surface area contributed by atoms with E-state index in [1.807, 2.05) is 5.43 Å². The number of urea groups is 1. The molecule has 3 aliphatic heterocycles. The molecule has 0 spiro atoms. The van der Waals surface area contributed by atoms with E-state index in [9.17, 15) is 53.3 Å². The Morgan fingerprint density at radius 3 is 2.50 bits per heavy atom. The number of carbonyl (C=O) groups is 7. The van der Waals surface area contributed by atoms with Gasteiger partial charge in [-0.15, -0.1) is 11.3 Å². The van der Waals surface area contributed by atoms with Crippen LogP contribution in [0.25, 0.3) is 0 Å². The van der Waals surface area contributed by atoms with Crippen molar-refractivity contribution in [2.24, 2.45) is 5.16 Å². The van der Waals surface area contributed by atoms with E-state index >= 15 is 0 Å². The fraction of sp³-hybridized carbons (Fsp3) is 0.292. The number of anilines is 1. The molecule has 5 amide bonds. The maximum Gasteiger partial charge on any atom is 0.381 e. The number of halogens is 2. The van der Waals surface area contributed by atoms with Crippen LogP contribution in [-0.4, -0.2) is 130 Å². The maximum absolute atomic E-state index is 13.5. The molecule has 1 aromatic heterocycles. The number of phenolic OH excluding ortho intramolecular Hbond substituents is 2. The molecule has 3 saturated heterocycles. The van der Waals surface area contributed by atoms with Gasteiger partial charge in [0.1, 0.15) is 17.1 Å². The molecule has 20 nitrogen and oxygen atoms in total. The van der Waals surface area contributed by atoms with Gasteiger partial charge in [0, 0.05) is 11.9 Å². The van der Waals surface area contributed by atoms with Crippen LogP contribution < -0.4 is 16.5 Å². The average molecular weight is 731 g/mol. The maximum atomic E-state index is 13.5. The highest BCUT2D eigenvalue weighted by molar-refractivity contribution is 8.02. The lowest BCUT2D eigenvalue weighted by Gasteiger charge is -2.41. The van der Waals surface area contributed by atoms with Crippen LogP contribution in [0.5, 0.6) is 11.5 Å². The molecule has 24 heteroatoms. The predicted molar refractivity (Wildman–Crippen MR) is 158 cm³/mol. The van der Waals surface area contributed by atoms with Crippen LogP contribution in [0.2, 0.25) is 5.02 Å². The van der Waals surface area contributed by atoms with Crippen LogP contribution in [-0.2, 0) is 28.8 Å². The Hall–Kier alpha value is -5.42. The number of thioether (sulfide) groups is 1. The minimum absolute atomic E-state index is 0.0441. The zero-order chi connectivity index (χ0) is 35.2. The van der Waals surface area contributed by atoms with Gasteiger partial charge in [0.25, 0.3) is 11.7 Å². The van der Waals surface area contributed by atoms with Crippen LogP contribution in [0.1, 0.15) is 16.1 Å². The molecule has 3 aliphatic rings. The van der Waals surface area contributed by atoms with Crippen molar-refractivity contribution in [3.8, 4) is 11.5 Å². The summed E-state index contributed by atoms with van der Waals surface area (Å²) < 4.78 is 13.5. The van der Waals surface area contributed by atoms with Gasteiger partial charge in [-0.1, -0.05) is 28.5 Å². The summed E-state index contributed by atoms with van der Waals surface area (Å²) in [5.41, 5.74) is 6.12. The first-order valence-corrected chi connectivity index (χ1v) is 15.2. The lowest BCUT2D eigenvalue weighted by Crippen LogP contribution is -2.68. The molecule has 8 N–H and O–H groups in total. The fourth-order valence-corrected chi connectivity index (χ4v) is 7.19. The molecular formula is C24H20ClFN8O12S2. The average Bonchev–Trinajstić information content (AvgIpc) is 3.74. The number of thiazole rings is 1. The van der Waals surface area contributed by atoms with Crippen molar-refractivity contribution >= 4 is 87.0 Å². The fourth-order valence-electron chi connectivity index (χ4n) is 4.76. The van der Waals surface area contributed by atoms with Crippen LogP contribution in [0.3, 0.4) is 0 Å². The van der Waals surface area contributed by atoms with Gasteiger partial charge in [-0.2, -0.15) is 4.39 Å². The Morgan fingerprint density at radius 1 is 1.17 bits per heavy atom. The molecule has 0 aliphatic carbocycles. The highest BCUT2D eigenvalue weighted by Crippen LogP contribution is 2.49. The molecule has 1 aromatic carbocycles. The normalized spacial score (nSPS) is 22.5. The van der Waals surface area contributed by atoms with Gasteiger partial charge in [0.05, 0.1) is 23.7 Å². The molecule has 5 rings (SSSR count). The number of nitrogens with two attached hydrogens (primary N) is 1. The number of amides is 5. The third kappa shape index (κ3) is 5.81. The molecule has 1 unspecified atom stereocenters. The number of phenols is 2. The van der Waals surface area contributed by atoms with Gasteiger partial charge in [0.15, 0.2) is 22.3 Å². The molecule has 2 aromatic rings. The van der Waals surface area contributed by atoms with E-state index in [2.05, 4.69) is 20.3 Å². The van der Waals surface area contributed by atoms with Crippen LogP contribution in [0.4, 0.5) is 14.3 Å². The number of hydrogen-bond donors (Lipinski definition) is 7. The number of aromatic hydroxyl groups is 2. The summed E-state index contributed by atoms with van der Waals surface area (Å²) in [7, 11) is 0. The number of ketones is 1. The minimum Gasteiger partial charge on any atom is -0.504 e. The van der Waals surface area contributed by atoms with Gasteiger partial charge >= 0.3 is 30.2 Å². The number of hydrogen-bond acceptors (Lipinski definition) is 15. The van der Waals surface area contributed by atoms with Gasteiger partial charge < -0.3 is 41.2 Å². The van der Waals surface area contributed by atoms with E-state index in [0.717, 1.165) is 33.3 Å². The number of rotatable bonds is 11. The standard InChI is InChI=1S/C24H20ClFN8O12S2/c25-10-7(1-2-9(35)14(10)37)13(36)17(39)30-34-4-3-33(23(34)45)24(21(43)44)6-32-18(40)12(19(32)48-24)29-16(38)11(8-5-47-22(27)28-8)31-46-15(26)20(41)42/h1-2,5,12,15,19,35,37H,3-4,6H2,(H2,27,28)(H,29,38)(H,30,39)(H,41,42)(H,43,44)/b31-11-/t12-,15?,19-,24-/m1/s1. The molecule has 0 saturated carbocycles. The quantitative estimate of drug-likeness (QED) is 0.0354. The Balaban J connectivity index is 1.29. The summed E-state index contributed by atoms with van der Waals surface area (Å²) >= 11 is 7.30. The smallest absolute Gasteiger partial charge is 0.381 e. The molecule has 0 radical (unpaired) electrons. The number of oxime groups is 1. The van der Waals surface area contributed by atoms with Crippen molar-refractivity contribution in [3.05, 3.63) is 33.8 Å². The van der Waals surface area contributed by atoms with Crippen LogP contribution >= 0.6 is 34.7 Å². The molecule has 254 valence electrons. The van der Waals surface area contributed by atoms with Crippen molar-refractivity contribution in [1.82, 2.24) is 30.5 Å². The lowest BCUT2D eigenvalue weighted by molar-refractivity contribution is -0.163. The SMILES string of the molecule is Nc1nc(/C(=N/OC(F)C(=O)O)C(=O)N[C@@H]2C(=O)N3C[C@@](C(=O)O)(N4CCN(NC(=O)C(=O)c5ccc(O)c(O)c5Cl)C4=O)S[C@H]23)cs1. The third-order valence-electron chi connectivity index (χ3n) is 7.10. The zero-order valence-electron chi connectivity index (χ0n) is 23.5. The molecule has 3 fully saturated rings. The molecule has 4 atom stereocenters. The van der Waals surface area contributed by atoms with E-state index in [0.29, 0.717) is 16.8 Å². The Bertz CT molecular complexity index is 1810. The van der Waals surface area contributed by atoms with Crippen LogP contribution in [0.15, 0.2) is 22.7 Å². The van der Waals surface area contributed by atoms with Gasteiger partial charge in [-0.3, -0.25) is 29.5 Å². The summed E-state index contributed by atoms with van der Waals surface area (Å²) in [6, 6.07) is -0.588.